The van der Waals surface area contributed by atoms with Gasteiger partial charge in [-0.2, -0.15) is 0 Å². The fourth-order valence-corrected chi connectivity index (χ4v) is 4.76. The highest BCUT2D eigenvalue weighted by Gasteiger charge is 2.40. The minimum Gasteiger partial charge on any atom is -0.353 e. The predicted molar refractivity (Wildman–Crippen MR) is 105 cm³/mol. The summed E-state index contributed by atoms with van der Waals surface area (Å²) in [4.78, 5) is 27.3. The Morgan fingerprint density at radius 3 is 2.31 bits per heavy atom. The molecule has 142 valence electrons. The summed E-state index contributed by atoms with van der Waals surface area (Å²) in [5.41, 5.74) is 3.19. The number of halogens is 1. The molecule has 3 aliphatic heterocycles. The number of nitrogens with zero attached hydrogens (tertiary/aromatic N) is 1. The van der Waals surface area contributed by atoms with Gasteiger partial charge < -0.3 is 15.5 Å². The molecule has 3 fully saturated rings. The van der Waals surface area contributed by atoms with E-state index in [0.717, 1.165) is 29.7 Å². The number of carbonyl (C=O) groups is 2. The number of nitrogens with one attached hydrogen (secondary N) is 2. The van der Waals surface area contributed by atoms with Gasteiger partial charge in [-0.25, -0.2) is 0 Å². The highest BCUT2D eigenvalue weighted by Crippen LogP contribution is 2.29. The van der Waals surface area contributed by atoms with Crippen molar-refractivity contribution < 1.29 is 9.59 Å². The molecule has 3 atom stereocenters. The van der Waals surface area contributed by atoms with E-state index in [2.05, 4.69) is 16.7 Å². The molecular formula is C20H28ClN3O2. The van der Waals surface area contributed by atoms with Crippen LogP contribution in [0.3, 0.4) is 0 Å². The van der Waals surface area contributed by atoms with Crippen LogP contribution in [-0.2, 0) is 9.59 Å². The molecule has 2 amide bonds. The van der Waals surface area contributed by atoms with Gasteiger partial charge in [-0.3, -0.25) is 9.59 Å². The number of hydrogen-bond donors (Lipinski definition) is 2. The van der Waals surface area contributed by atoms with Crippen LogP contribution < -0.4 is 15.5 Å². The summed E-state index contributed by atoms with van der Waals surface area (Å²) < 4.78 is 0. The van der Waals surface area contributed by atoms with E-state index in [0.29, 0.717) is 25.0 Å². The molecule has 3 aliphatic rings. The lowest BCUT2D eigenvalue weighted by Gasteiger charge is -2.30. The molecule has 2 bridgehead atoms. The molecule has 0 saturated carbocycles. The number of anilines is 1. The average Bonchev–Trinajstić information content (AvgIpc) is 3.09. The number of amides is 2. The summed E-state index contributed by atoms with van der Waals surface area (Å²) in [6.07, 6.45) is 5.00. The molecule has 3 heterocycles. The maximum Gasteiger partial charge on any atom is 0.239 e. The Morgan fingerprint density at radius 1 is 1.08 bits per heavy atom. The Kier molecular flexibility index (Phi) is 5.58. The van der Waals surface area contributed by atoms with Gasteiger partial charge in [-0.15, -0.1) is 12.4 Å². The van der Waals surface area contributed by atoms with Crippen LogP contribution in [0.2, 0.25) is 0 Å². The highest BCUT2D eigenvalue weighted by atomic mass is 35.5. The Labute approximate surface area is 161 Å². The van der Waals surface area contributed by atoms with Gasteiger partial charge in [0.25, 0.3) is 0 Å². The van der Waals surface area contributed by atoms with Gasteiger partial charge in [0.15, 0.2) is 0 Å². The molecule has 2 N–H and O–H groups in total. The topological polar surface area (TPSA) is 61.4 Å². The van der Waals surface area contributed by atoms with Crippen LogP contribution in [0, 0.1) is 19.8 Å². The van der Waals surface area contributed by atoms with Gasteiger partial charge >= 0.3 is 0 Å². The van der Waals surface area contributed by atoms with Crippen molar-refractivity contribution in [1.82, 2.24) is 10.6 Å². The maximum atomic E-state index is 12.8. The minimum atomic E-state index is -0.534. The molecule has 1 aromatic carbocycles. The fourth-order valence-electron chi connectivity index (χ4n) is 4.76. The molecule has 0 spiro atoms. The van der Waals surface area contributed by atoms with Gasteiger partial charge in [-0.1, -0.05) is 6.07 Å². The van der Waals surface area contributed by atoms with Crippen LogP contribution in [0.25, 0.3) is 0 Å². The third-order valence-electron chi connectivity index (χ3n) is 5.86. The fraction of sp³-hybridized carbons (Fsp3) is 0.600. The number of hydrogen-bond acceptors (Lipinski definition) is 3. The van der Waals surface area contributed by atoms with E-state index in [9.17, 15) is 9.59 Å². The second kappa shape index (κ2) is 7.57. The van der Waals surface area contributed by atoms with Crippen molar-refractivity contribution in [3.63, 3.8) is 0 Å². The zero-order valence-corrected chi connectivity index (χ0v) is 16.3. The molecule has 0 aromatic heterocycles. The Balaban J connectivity index is 0.00000196. The lowest BCUT2D eigenvalue weighted by Crippen LogP contribution is -2.50. The van der Waals surface area contributed by atoms with E-state index in [1.54, 1.807) is 4.90 Å². The Bertz CT molecular complexity index is 676. The molecule has 0 aliphatic carbocycles. The number of carbonyl (C=O) groups excluding carboxylic acids is 2. The number of aryl methyl sites for hydroxylation is 2. The number of fused-ring (bicyclic) bond motifs is 2. The summed E-state index contributed by atoms with van der Waals surface area (Å²) >= 11 is 0. The van der Waals surface area contributed by atoms with Gasteiger partial charge in [0.05, 0.1) is 0 Å². The van der Waals surface area contributed by atoms with Crippen molar-refractivity contribution >= 4 is 29.9 Å². The van der Waals surface area contributed by atoms with Crippen molar-refractivity contribution in [2.24, 2.45) is 5.92 Å². The van der Waals surface area contributed by atoms with E-state index in [1.165, 1.54) is 12.8 Å². The zero-order chi connectivity index (χ0) is 17.6. The van der Waals surface area contributed by atoms with Gasteiger partial charge in [0.1, 0.15) is 5.92 Å². The van der Waals surface area contributed by atoms with E-state index >= 15 is 0 Å². The van der Waals surface area contributed by atoms with E-state index in [4.69, 9.17) is 0 Å². The molecule has 3 unspecified atom stereocenters. The minimum absolute atomic E-state index is 0. The number of benzene rings is 1. The molecule has 5 nitrogen and oxygen atoms in total. The standard InChI is InChI=1S/C20H27N3O2.ClH/c1-12-7-13(2)9-17(8-12)23-6-5-18(20(23)25)19(24)22-16-10-14-3-4-15(11-16)21-14;/h7-9,14-16,18,21H,3-6,10-11H2,1-2H3,(H,22,24);1H. The van der Waals surface area contributed by atoms with Crippen LogP contribution in [0.4, 0.5) is 5.69 Å². The SMILES string of the molecule is Cc1cc(C)cc(N2CCC(C(=O)NC3CC4CCC(C3)N4)C2=O)c1.Cl. The second-order valence-electron chi connectivity index (χ2n) is 7.99. The molecule has 1 aromatic rings. The van der Waals surface area contributed by atoms with Crippen molar-refractivity contribution in [3.8, 4) is 0 Å². The number of piperidine rings is 1. The maximum absolute atomic E-state index is 12.8. The lowest BCUT2D eigenvalue weighted by molar-refractivity contribution is -0.132. The Morgan fingerprint density at radius 2 is 1.69 bits per heavy atom. The summed E-state index contributed by atoms with van der Waals surface area (Å²) in [6.45, 7) is 4.69. The van der Waals surface area contributed by atoms with Crippen LogP contribution in [0.5, 0.6) is 0 Å². The smallest absolute Gasteiger partial charge is 0.239 e. The van der Waals surface area contributed by atoms with E-state index < -0.39 is 5.92 Å². The highest BCUT2D eigenvalue weighted by molar-refractivity contribution is 6.09. The Hall–Kier alpha value is -1.59. The van der Waals surface area contributed by atoms with Crippen molar-refractivity contribution in [2.45, 2.75) is 64.1 Å². The van der Waals surface area contributed by atoms with Gasteiger partial charge in [0, 0.05) is 30.4 Å². The molecule has 4 rings (SSSR count). The zero-order valence-electron chi connectivity index (χ0n) is 15.5. The predicted octanol–water partition coefficient (Wildman–Crippen LogP) is 2.48. The van der Waals surface area contributed by atoms with Gasteiger partial charge in [-0.05, 0) is 69.2 Å². The number of rotatable bonds is 3. The first-order chi connectivity index (χ1) is 12.0. The third-order valence-corrected chi connectivity index (χ3v) is 5.86. The summed E-state index contributed by atoms with van der Waals surface area (Å²) in [6, 6.07) is 7.44. The normalized spacial score (nSPS) is 30.2. The van der Waals surface area contributed by atoms with Crippen molar-refractivity contribution in [3.05, 3.63) is 29.3 Å². The van der Waals surface area contributed by atoms with Crippen molar-refractivity contribution in [2.75, 3.05) is 11.4 Å². The summed E-state index contributed by atoms with van der Waals surface area (Å²) in [5.74, 6) is -0.670. The van der Waals surface area contributed by atoms with E-state index in [-0.39, 0.29) is 30.3 Å². The summed E-state index contributed by atoms with van der Waals surface area (Å²) in [7, 11) is 0. The first-order valence-electron chi connectivity index (χ1n) is 9.45. The van der Waals surface area contributed by atoms with Crippen LogP contribution >= 0.6 is 12.4 Å². The van der Waals surface area contributed by atoms with Crippen LogP contribution in [-0.4, -0.2) is 36.5 Å². The van der Waals surface area contributed by atoms with Crippen LogP contribution in [0.1, 0.15) is 43.2 Å². The monoisotopic (exact) mass is 377 g/mol. The van der Waals surface area contributed by atoms with Crippen LogP contribution in [0.15, 0.2) is 18.2 Å². The van der Waals surface area contributed by atoms with E-state index in [1.807, 2.05) is 26.0 Å². The first-order valence-corrected chi connectivity index (χ1v) is 9.45. The van der Waals surface area contributed by atoms with Gasteiger partial charge in [0.2, 0.25) is 11.8 Å². The molecular weight excluding hydrogens is 350 g/mol. The third kappa shape index (κ3) is 3.74. The molecule has 3 saturated heterocycles. The second-order valence-corrected chi connectivity index (χ2v) is 7.99. The first kappa shape index (κ1) is 19.2. The quantitative estimate of drug-likeness (QED) is 0.795. The lowest BCUT2D eigenvalue weighted by atomic mass is 9.98. The summed E-state index contributed by atoms with van der Waals surface area (Å²) in [5, 5.41) is 6.74. The average molecular weight is 378 g/mol. The molecule has 0 radical (unpaired) electrons. The molecule has 26 heavy (non-hydrogen) atoms. The molecule has 6 heteroatoms. The largest absolute Gasteiger partial charge is 0.353 e. The van der Waals surface area contributed by atoms with Crippen molar-refractivity contribution in [1.29, 1.82) is 0 Å².